The highest BCUT2D eigenvalue weighted by atomic mass is 35.5. The van der Waals surface area contributed by atoms with Crippen LogP contribution in [0.15, 0.2) is 48.5 Å². The molecular weight excluding hydrogens is 388 g/mol. The quantitative estimate of drug-likeness (QED) is 0.624. The van der Waals surface area contributed by atoms with E-state index in [0.717, 1.165) is 11.3 Å². The number of hydrogen-bond acceptors (Lipinski definition) is 3. The second-order valence-electron chi connectivity index (χ2n) is 6.19. The Labute approximate surface area is 165 Å². The van der Waals surface area contributed by atoms with Gasteiger partial charge in [0.05, 0.1) is 23.6 Å². The molecule has 0 spiro atoms. The molecular formula is C20H18ClF2N3O2. The minimum Gasteiger partial charge on any atom is -0.435 e. The molecule has 0 saturated heterocycles. The van der Waals surface area contributed by atoms with E-state index in [1.807, 2.05) is 25.1 Å². The molecule has 0 atom stereocenters. The van der Waals surface area contributed by atoms with Crippen LogP contribution in [0.1, 0.15) is 27.3 Å². The zero-order valence-electron chi connectivity index (χ0n) is 15.2. The van der Waals surface area contributed by atoms with Gasteiger partial charge in [0.25, 0.3) is 5.91 Å². The number of carbonyl (C=O) groups is 1. The maximum Gasteiger partial charge on any atom is 0.387 e. The Bertz CT molecular complexity index is 1000. The minimum absolute atomic E-state index is 0.0762. The van der Waals surface area contributed by atoms with Crippen LogP contribution in [0.25, 0.3) is 0 Å². The molecule has 2 aromatic carbocycles. The highest BCUT2D eigenvalue weighted by Gasteiger charge is 2.16. The molecule has 0 aliphatic rings. The Morgan fingerprint density at radius 2 is 1.96 bits per heavy atom. The topological polar surface area (TPSA) is 56.2 Å². The number of anilines is 1. The summed E-state index contributed by atoms with van der Waals surface area (Å²) in [7, 11) is 0. The number of alkyl halides is 2. The van der Waals surface area contributed by atoms with Crippen molar-refractivity contribution in [3.63, 3.8) is 0 Å². The number of carbonyl (C=O) groups excluding carboxylic acids is 1. The number of benzene rings is 2. The molecule has 28 heavy (non-hydrogen) atoms. The van der Waals surface area contributed by atoms with Crippen molar-refractivity contribution in [1.82, 2.24) is 9.78 Å². The van der Waals surface area contributed by atoms with Gasteiger partial charge in [-0.2, -0.15) is 13.9 Å². The molecule has 0 aliphatic carbocycles. The van der Waals surface area contributed by atoms with Crippen LogP contribution >= 0.6 is 11.6 Å². The number of amides is 1. The van der Waals surface area contributed by atoms with Crippen molar-refractivity contribution in [3.05, 3.63) is 76.1 Å². The van der Waals surface area contributed by atoms with Crippen LogP contribution in [0.3, 0.4) is 0 Å². The van der Waals surface area contributed by atoms with Gasteiger partial charge < -0.3 is 10.1 Å². The van der Waals surface area contributed by atoms with Gasteiger partial charge >= 0.3 is 6.61 Å². The molecule has 8 heteroatoms. The molecule has 0 radical (unpaired) electrons. The van der Waals surface area contributed by atoms with Crippen molar-refractivity contribution < 1.29 is 18.3 Å². The number of ether oxygens (including phenoxy) is 1. The van der Waals surface area contributed by atoms with Gasteiger partial charge in [-0.25, -0.2) is 0 Å². The molecule has 1 aromatic heterocycles. The molecule has 0 saturated carbocycles. The van der Waals surface area contributed by atoms with Crippen LogP contribution in [0.5, 0.6) is 5.75 Å². The van der Waals surface area contributed by atoms with E-state index >= 15 is 0 Å². The molecule has 1 amide bonds. The first kappa shape index (κ1) is 19.8. The zero-order valence-corrected chi connectivity index (χ0v) is 16.0. The standard InChI is InChI=1S/C20H18ClF2N3O2/c1-12-18(13(2)26(25-12)11-14-5-3-7-16(21)9-14)24-19(27)15-6-4-8-17(10-15)28-20(22)23/h3-10,20H,11H2,1-2H3,(H,24,27). The third kappa shape index (κ3) is 4.67. The molecule has 0 unspecified atom stereocenters. The Balaban J connectivity index is 1.79. The van der Waals surface area contributed by atoms with Gasteiger partial charge in [0.15, 0.2) is 0 Å². The smallest absolute Gasteiger partial charge is 0.387 e. The first-order valence-electron chi connectivity index (χ1n) is 8.48. The zero-order chi connectivity index (χ0) is 20.3. The fraction of sp³-hybridized carbons (Fsp3) is 0.200. The lowest BCUT2D eigenvalue weighted by molar-refractivity contribution is -0.0498. The van der Waals surface area contributed by atoms with Gasteiger partial charge in [-0.15, -0.1) is 0 Å². The van der Waals surface area contributed by atoms with E-state index < -0.39 is 12.5 Å². The number of nitrogens with zero attached hydrogens (tertiary/aromatic N) is 2. The summed E-state index contributed by atoms with van der Waals surface area (Å²) in [5.41, 5.74) is 3.18. The molecule has 0 bridgehead atoms. The molecule has 0 fully saturated rings. The first-order chi connectivity index (χ1) is 13.3. The van der Waals surface area contributed by atoms with Gasteiger partial charge in [-0.1, -0.05) is 29.8 Å². The average molecular weight is 406 g/mol. The van der Waals surface area contributed by atoms with E-state index in [1.165, 1.54) is 24.3 Å². The normalized spacial score (nSPS) is 10.9. The first-order valence-corrected chi connectivity index (χ1v) is 8.86. The Kier molecular flexibility index (Phi) is 5.94. The highest BCUT2D eigenvalue weighted by Crippen LogP contribution is 2.23. The SMILES string of the molecule is Cc1nn(Cc2cccc(Cl)c2)c(C)c1NC(=O)c1cccc(OC(F)F)c1. The fourth-order valence-electron chi connectivity index (χ4n) is 2.84. The van der Waals surface area contributed by atoms with Gasteiger partial charge in [0.1, 0.15) is 5.75 Å². The van der Waals surface area contributed by atoms with Crippen molar-refractivity contribution >= 4 is 23.2 Å². The molecule has 0 aliphatic heterocycles. The Morgan fingerprint density at radius 3 is 2.68 bits per heavy atom. The van der Waals surface area contributed by atoms with Crippen LogP contribution in [0.4, 0.5) is 14.5 Å². The summed E-state index contributed by atoms with van der Waals surface area (Å²) >= 11 is 6.02. The van der Waals surface area contributed by atoms with E-state index in [2.05, 4.69) is 15.2 Å². The van der Waals surface area contributed by atoms with Crippen LogP contribution < -0.4 is 10.1 Å². The number of aromatic nitrogens is 2. The van der Waals surface area contributed by atoms with E-state index in [4.69, 9.17) is 11.6 Å². The van der Waals surface area contributed by atoms with Gasteiger partial charge in [-0.3, -0.25) is 9.48 Å². The fourth-order valence-corrected chi connectivity index (χ4v) is 3.05. The summed E-state index contributed by atoms with van der Waals surface area (Å²) in [4.78, 5) is 12.6. The maximum atomic E-state index is 12.6. The van der Waals surface area contributed by atoms with Crippen LogP contribution in [-0.2, 0) is 6.54 Å². The Hall–Kier alpha value is -2.93. The summed E-state index contributed by atoms with van der Waals surface area (Å²) in [5.74, 6) is -0.513. The van der Waals surface area contributed by atoms with Gasteiger partial charge in [-0.05, 0) is 49.7 Å². The van der Waals surface area contributed by atoms with Crippen molar-refractivity contribution in [3.8, 4) is 5.75 Å². The summed E-state index contributed by atoms with van der Waals surface area (Å²) in [6.07, 6.45) is 0. The number of nitrogens with one attached hydrogen (secondary N) is 1. The molecule has 3 rings (SSSR count). The van der Waals surface area contributed by atoms with Crippen molar-refractivity contribution in [2.45, 2.75) is 27.0 Å². The summed E-state index contributed by atoms with van der Waals surface area (Å²) in [6.45, 7) is 1.18. The van der Waals surface area contributed by atoms with Crippen LogP contribution in [0.2, 0.25) is 5.02 Å². The highest BCUT2D eigenvalue weighted by molar-refractivity contribution is 6.30. The summed E-state index contributed by atoms with van der Waals surface area (Å²) < 4.78 is 30.9. The monoisotopic (exact) mass is 405 g/mol. The predicted molar refractivity (Wildman–Crippen MR) is 103 cm³/mol. The number of rotatable bonds is 6. The second kappa shape index (κ2) is 8.39. The van der Waals surface area contributed by atoms with Crippen molar-refractivity contribution in [1.29, 1.82) is 0 Å². The van der Waals surface area contributed by atoms with Crippen LogP contribution in [-0.4, -0.2) is 22.3 Å². The summed E-state index contributed by atoms with van der Waals surface area (Å²) in [5, 5.41) is 7.91. The number of hydrogen-bond donors (Lipinski definition) is 1. The lowest BCUT2D eigenvalue weighted by Gasteiger charge is -2.09. The van der Waals surface area contributed by atoms with Crippen molar-refractivity contribution in [2.24, 2.45) is 0 Å². The van der Waals surface area contributed by atoms with E-state index in [1.54, 1.807) is 17.7 Å². The predicted octanol–water partition coefficient (Wildman–Crippen LogP) is 5.06. The summed E-state index contributed by atoms with van der Waals surface area (Å²) in [6, 6.07) is 13.1. The number of halogens is 3. The van der Waals surface area contributed by atoms with Gasteiger partial charge in [0.2, 0.25) is 0 Å². The average Bonchev–Trinajstić information content (AvgIpc) is 2.89. The molecule has 146 valence electrons. The van der Waals surface area contributed by atoms with E-state index in [9.17, 15) is 13.6 Å². The van der Waals surface area contributed by atoms with Crippen LogP contribution in [0, 0.1) is 13.8 Å². The lowest BCUT2D eigenvalue weighted by Crippen LogP contribution is -2.14. The maximum absolute atomic E-state index is 12.6. The molecule has 5 nitrogen and oxygen atoms in total. The molecule has 1 heterocycles. The van der Waals surface area contributed by atoms with Crippen molar-refractivity contribution in [2.75, 3.05) is 5.32 Å². The Morgan fingerprint density at radius 1 is 1.21 bits per heavy atom. The third-order valence-electron chi connectivity index (χ3n) is 4.16. The number of aryl methyl sites for hydroxylation is 1. The lowest BCUT2D eigenvalue weighted by atomic mass is 10.2. The third-order valence-corrected chi connectivity index (χ3v) is 4.40. The van der Waals surface area contributed by atoms with E-state index in [-0.39, 0.29) is 11.3 Å². The molecule has 1 N–H and O–H groups in total. The largest absolute Gasteiger partial charge is 0.435 e. The minimum atomic E-state index is -2.95. The molecule has 3 aromatic rings. The van der Waals surface area contributed by atoms with Gasteiger partial charge in [0, 0.05) is 10.6 Å². The van der Waals surface area contributed by atoms with E-state index in [0.29, 0.717) is 22.9 Å². The second-order valence-corrected chi connectivity index (χ2v) is 6.63.